The van der Waals surface area contributed by atoms with Crippen molar-refractivity contribution < 1.29 is 4.79 Å². The highest BCUT2D eigenvalue weighted by molar-refractivity contribution is 7.99. The monoisotopic (exact) mass is 466 g/mol. The lowest BCUT2D eigenvalue weighted by molar-refractivity contribution is 0.0943. The fourth-order valence-electron chi connectivity index (χ4n) is 3.45. The Hall–Kier alpha value is -2.98. The number of hydrogen-bond acceptors (Lipinski definition) is 9. The van der Waals surface area contributed by atoms with Crippen LogP contribution < -0.4 is 15.5 Å². The van der Waals surface area contributed by atoms with E-state index < -0.39 is 0 Å². The van der Waals surface area contributed by atoms with Gasteiger partial charge in [0.25, 0.3) is 5.91 Å². The Balaban J connectivity index is 1.55. The van der Waals surface area contributed by atoms with Crippen molar-refractivity contribution in [2.24, 2.45) is 4.99 Å². The summed E-state index contributed by atoms with van der Waals surface area (Å²) in [6.07, 6.45) is 2.01. The standard InChI is InChI=1S/C23H30N8OS/c1-15(2)25-20(32)17-5-7-18(8-6-17)33-23-28-21(26-19-13-16(3)14-24-19)27-22(29-23)31-11-9-30(4)10-12-31/h5-8,13,15H,9-12,14H2,1-4H3,(H,25,32)(H,24,26,27,28,29). The lowest BCUT2D eigenvalue weighted by atomic mass is 10.2. The number of likely N-dealkylation sites (N-methyl/N-ethyl adjacent to an activating group) is 1. The van der Waals surface area contributed by atoms with E-state index in [-0.39, 0.29) is 11.9 Å². The quantitative estimate of drug-likeness (QED) is 0.671. The molecular formula is C23H30N8OS. The van der Waals surface area contributed by atoms with Crippen molar-refractivity contribution in [1.82, 2.24) is 25.2 Å². The summed E-state index contributed by atoms with van der Waals surface area (Å²) in [5.41, 5.74) is 1.83. The summed E-state index contributed by atoms with van der Waals surface area (Å²) in [4.78, 5) is 36.2. The molecule has 1 amide bonds. The first kappa shape index (κ1) is 23.2. The van der Waals surface area contributed by atoms with Gasteiger partial charge in [-0.05, 0) is 75.5 Å². The van der Waals surface area contributed by atoms with Gasteiger partial charge in [-0.3, -0.25) is 9.79 Å². The molecule has 174 valence electrons. The van der Waals surface area contributed by atoms with Crippen molar-refractivity contribution in [3.8, 4) is 0 Å². The van der Waals surface area contributed by atoms with Crippen LogP contribution in [0.2, 0.25) is 0 Å². The molecule has 9 nitrogen and oxygen atoms in total. The second kappa shape index (κ2) is 10.3. The first-order valence-electron chi connectivity index (χ1n) is 11.1. The number of carbonyl (C=O) groups excluding carboxylic acids is 1. The van der Waals surface area contributed by atoms with E-state index in [1.807, 2.05) is 51.1 Å². The Bertz CT molecular complexity index is 1060. The smallest absolute Gasteiger partial charge is 0.251 e. The molecule has 1 saturated heterocycles. The summed E-state index contributed by atoms with van der Waals surface area (Å²) in [5.74, 6) is 1.83. The predicted octanol–water partition coefficient (Wildman–Crippen LogP) is 2.68. The molecule has 10 heteroatoms. The lowest BCUT2D eigenvalue weighted by Crippen LogP contribution is -2.45. The summed E-state index contributed by atoms with van der Waals surface area (Å²) < 4.78 is 0. The van der Waals surface area contributed by atoms with E-state index in [9.17, 15) is 4.79 Å². The average molecular weight is 467 g/mol. The van der Waals surface area contributed by atoms with Crippen LogP contribution in [0.4, 0.5) is 11.9 Å². The largest absolute Gasteiger partial charge is 0.350 e. The Labute approximate surface area is 198 Å². The molecule has 0 saturated carbocycles. The van der Waals surface area contributed by atoms with E-state index in [2.05, 4.69) is 42.4 Å². The van der Waals surface area contributed by atoms with Crippen LogP contribution in [0.5, 0.6) is 0 Å². The Kier molecular flexibility index (Phi) is 7.24. The van der Waals surface area contributed by atoms with Crippen LogP contribution >= 0.6 is 11.8 Å². The van der Waals surface area contributed by atoms with Gasteiger partial charge in [-0.2, -0.15) is 15.0 Å². The van der Waals surface area contributed by atoms with Crippen LogP contribution in [-0.2, 0) is 0 Å². The predicted molar refractivity (Wildman–Crippen MR) is 132 cm³/mol. The zero-order chi connectivity index (χ0) is 23.4. The van der Waals surface area contributed by atoms with Gasteiger partial charge in [0.05, 0.1) is 6.54 Å². The van der Waals surface area contributed by atoms with Crippen LogP contribution in [0.1, 0.15) is 31.1 Å². The molecule has 1 aromatic heterocycles. The molecule has 2 aliphatic heterocycles. The Morgan fingerprint density at radius 1 is 1.06 bits per heavy atom. The van der Waals surface area contributed by atoms with Gasteiger partial charge in [0, 0.05) is 42.7 Å². The molecular weight excluding hydrogens is 436 g/mol. The number of anilines is 2. The zero-order valence-electron chi connectivity index (χ0n) is 19.5. The number of benzene rings is 1. The van der Waals surface area contributed by atoms with Crippen molar-refractivity contribution >= 4 is 35.4 Å². The molecule has 0 bridgehead atoms. The van der Waals surface area contributed by atoms with Crippen molar-refractivity contribution in [3.63, 3.8) is 0 Å². The first-order chi connectivity index (χ1) is 15.9. The van der Waals surface area contributed by atoms with Gasteiger partial charge in [0.15, 0.2) is 5.16 Å². The number of nitrogens with one attached hydrogen (secondary N) is 2. The number of piperazine rings is 1. The number of rotatable bonds is 6. The van der Waals surface area contributed by atoms with Crippen LogP contribution in [0.25, 0.3) is 0 Å². The minimum absolute atomic E-state index is 0.0776. The van der Waals surface area contributed by atoms with E-state index in [4.69, 9.17) is 4.98 Å². The molecule has 4 rings (SSSR count). The van der Waals surface area contributed by atoms with Crippen molar-refractivity contribution in [1.29, 1.82) is 0 Å². The normalized spacial score (nSPS) is 16.6. The summed E-state index contributed by atoms with van der Waals surface area (Å²) in [6, 6.07) is 7.57. The first-order valence-corrected chi connectivity index (χ1v) is 11.9. The highest BCUT2D eigenvalue weighted by Crippen LogP contribution is 2.27. The van der Waals surface area contributed by atoms with Crippen molar-refractivity contribution in [2.45, 2.75) is 36.9 Å². The van der Waals surface area contributed by atoms with E-state index in [0.717, 1.165) is 36.9 Å². The summed E-state index contributed by atoms with van der Waals surface area (Å²) in [5, 5.41) is 6.74. The van der Waals surface area contributed by atoms with E-state index >= 15 is 0 Å². The van der Waals surface area contributed by atoms with Crippen molar-refractivity contribution in [2.75, 3.05) is 50.0 Å². The van der Waals surface area contributed by atoms with E-state index in [1.54, 1.807) is 0 Å². The van der Waals surface area contributed by atoms with Gasteiger partial charge < -0.3 is 20.4 Å². The van der Waals surface area contributed by atoms with Crippen LogP contribution in [0, 0.1) is 0 Å². The van der Waals surface area contributed by atoms with Gasteiger partial charge in [0.2, 0.25) is 11.9 Å². The average Bonchev–Trinajstić information content (AvgIpc) is 3.18. The third-order valence-electron chi connectivity index (χ3n) is 5.26. The van der Waals surface area contributed by atoms with Gasteiger partial charge in [0.1, 0.15) is 5.84 Å². The molecule has 3 heterocycles. The number of aromatic nitrogens is 3. The third-order valence-corrected chi connectivity index (χ3v) is 6.13. The molecule has 33 heavy (non-hydrogen) atoms. The summed E-state index contributed by atoms with van der Waals surface area (Å²) >= 11 is 1.45. The summed E-state index contributed by atoms with van der Waals surface area (Å²) in [6.45, 7) is 10.3. The van der Waals surface area contributed by atoms with Gasteiger partial charge in [-0.25, -0.2) is 0 Å². The molecule has 2 N–H and O–H groups in total. The maximum absolute atomic E-state index is 12.2. The van der Waals surface area contributed by atoms with E-state index in [1.165, 1.54) is 17.3 Å². The number of aliphatic imine (C=N–C) groups is 1. The van der Waals surface area contributed by atoms with Gasteiger partial charge in [-0.1, -0.05) is 0 Å². The molecule has 0 spiro atoms. The Morgan fingerprint density at radius 3 is 2.42 bits per heavy atom. The fraction of sp³-hybridized carbons (Fsp3) is 0.435. The molecule has 1 fully saturated rings. The highest BCUT2D eigenvalue weighted by atomic mass is 32.2. The fourth-order valence-corrected chi connectivity index (χ4v) is 4.19. The molecule has 0 atom stereocenters. The minimum Gasteiger partial charge on any atom is -0.350 e. The second-order valence-corrected chi connectivity index (χ2v) is 9.64. The van der Waals surface area contributed by atoms with Crippen LogP contribution in [0.3, 0.4) is 0 Å². The molecule has 0 aliphatic carbocycles. The van der Waals surface area contributed by atoms with Crippen LogP contribution in [-0.4, -0.2) is 77.4 Å². The molecule has 2 aromatic rings. The minimum atomic E-state index is -0.0776. The number of amides is 1. The second-order valence-electron chi connectivity index (χ2n) is 8.60. The summed E-state index contributed by atoms with van der Waals surface area (Å²) in [7, 11) is 2.12. The zero-order valence-corrected chi connectivity index (χ0v) is 20.3. The SMILES string of the molecule is CC1=CC(Nc2nc(Sc3ccc(C(=O)NC(C)C)cc3)nc(N3CCN(C)CC3)n2)=NC1. The molecule has 0 radical (unpaired) electrons. The topological polar surface area (TPSA) is 98.6 Å². The lowest BCUT2D eigenvalue weighted by Gasteiger charge is -2.32. The highest BCUT2D eigenvalue weighted by Gasteiger charge is 2.20. The third kappa shape index (κ3) is 6.29. The number of nitrogens with zero attached hydrogens (tertiary/aromatic N) is 6. The number of hydrogen-bond donors (Lipinski definition) is 2. The molecule has 0 unspecified atom stereocenters. The number of amidine groups is 1. The maximum atomic E-state index is 12.2. The van der Waals surface area contributed by atoms with Gasteiger partial charge >= 0.3 is 0 Å². The van der Waals surface area contributed by atoms with Crippen LogP contribution in [0.15, 0.2) is 51.0 Å². The van der Waals surface area contributed by atoms with E-state index in [0.29, 0.717) is 29.2 Å². The van der Waals surface area contributed by atoms with Gasteiger partial charge in [-0.15, -0.1) is 0 Å². The van der Waals surface area contributed by atoms with Crippen molar-refractivity contribution in [3.05, 3.63) is 41.5 Å². The maximum Gasteiger partial charge on any atom is 0.251 e. The molecule has 2 aliphatic rings. The number of carbonyl (C=O) groups is 1. The molecule has 1 aromatic carbocycles. The Morgan fingerprint density at radius 2 is 1.79 bits per heavy atom.